The Balaban J connectivity index is 1.67. The van der Waals surface area contributed by atoms with Crippen LogP contribution in [0.2, 0.25) is 0 Å². The van der Waals surface area contributed by atoms with Gasteiger partial charge in [0.15, 0.2) is 0 Å². The van der Waals surface area contributed by atoms with Gasteiger partial charge in [-0.05, 0) is 55.0 Å². The molecule has 4 nitrogen and oxygen atoms in total. The Morgan fingerprint density at radius 2 is 1.95 bits per heavy atom. The van der Waals surface area contributed by atoms with E-state index in [-0.39, 0.29) is 5.75 Å². The van der Waals surface area contributed by atoms with Crippen molar-refractivity contribution >= 4 is 15.7 Å². The molecule has 0 saturated heterocycles. The summed E-state index contributed by atoms with van der Waals surface area (Å²) in [6, 6.07) is 5.91. The van der Waals surface area contributed by atoms with E-state index in [2.05, 4.69) is 16.1 Å². The van der Waals surface area contributed by atoms with Crippen LogP contribution in [0.1, 0.15) is 43.2 Å². The van der Waals surface area contributed by atoms with Gasteiger partial charge in [0.05, 0.1) is 5.75 Å². The van der Waals surface area contributed by atoms with Gasteiger partial charge < -0.3 is 5.32 Å². The van der Waals surface area contributed by atoms with Crippen molar-refractivity contribution in [2.75, 3.05) is 17.0 Å². The van der Waals surface area contributed by atoms with Crippen molar-refractivity contribution in [2.45, 2.75) is 45.1 Å². The number of rotatable bonds is 4. The van der Waals surface area contributed by atoms with Gasteiger partial charge in [0.1, 0.15) is 0 Å². The largest absolute Gasteiger partial charge is 0.312 e. The number of anilines is 1. The maximum absolute atomic E-state index is 12.3. The smallest absolute Gasteiger partial charge is 0.232 e. The van der Waals surface area contributed by atoms with E-state index in [9.17, 15) is 8.42 Å². The van der Waals surface area contributed by atoms with Crippen LogP contribution in [0.15, 0.2) is 18.2 Å². The second kappa shape index (κ2) is 6.36. The molecule has 0 aromatic heterocycles. The first-order valence-electron chi connectivity index (χ1n) is 7.95. The van der Waals surface area contributed by atoms with Gasteiger partial charge in [-0.25, -0.2) is 8.42 Å². The predicted molar refractivity (Wildman–Crippen MR) is 85.8 cm³/mol. The molecule has 0 amide bonds. The monoisotopic (exact) mass is 308 g/mol. The minimum absolute atomic E-state index is 0.266. The topological polar surface area (TPSA) is 58.2 Å². The number of hydrogen-bond donors (Lipinski definition) is 2. The highest BCUT2D eigenvalue weighted by Crippen LogP contribution is 2.26. The van der Waals surface area contributed by atoms with E-state index in [1.807, 2.05) is 12.1 Å². The quantitative estimate of drug-likeness (QED) is 0.899. The van der Waals surface area contributed by atoms with Crippen molar-refractivity contribution in [1.82, 2.24) is 5.32 Å². The molecule has 2 N–H and O–H groups in total. The zero-order valence-electron chi connectivity index (χ0n) is 12.4. The Morgan fingerprint density at radius 1 is 1.14 bits per heavy atom. The van der Waals surface area contributed by atoms with Crippen molar-refractivity contribution < 1.29 is 8.42 Å². The molecule has 0 unspecified atom stereocenters. The molecule has 1 aromatic carbocycles. The lowest BCUT2D eigenvalue weighted by Gasteiger charge is -2.22. The lowest BCUT2D eigenvalue weighted by Crippen LogP contribution is -2.25. The molecule has 3 rings (SSSR count). The van der Waals surface area contributed by atoms with E-state index >= 15 is 0 Å². The molecule has 2 aliphatic rings. The third kappa shape index (κ3) is 3.98. The van der Waals surface area contributed by atoms with Gasteiger partial charge in [0.2, 0.25) is 10.0 Å². The zero-order valence-corrected chi connectivity index (χ0v) is 13.2. The van der Waals surface area contributed by atoms with E-state index in [1.54, 1.807) is 0 Å². The van der Waals surface area contributed by atoms with E-state index in [4.69, 9.17) is 0 Å². The van der Waals surface area contributed by atoms with Crippen LogP contribution in [-0.4, -0.2) is 20.7 Å². The summed E-state index contributed by atoms with van der Waals surface area (Å²) in [7, 11) is -3.23. The fourth-order valence-electron chi connectivity index (χ4n) is 3.43. The Hall–Kier alpha value is -1.07. The fourth-order valence-corrected chi connectivity index (χ4v) is 4.95. The molecule has 21 heavy (non-hydrogen) atoms. The summed E-state index contributed by atoms with van der Waals surface area (Å²) >= 11 is 0. The summed E-state index contributed by atoms with van der Waals surface area (Å²) in [5, 5.41) is 3.32. The third-order valence-electron chi connectivity index (χ3n) is 4.55. The van der Waals surface area contributed by atoms with Crippen molar-refractivity contribution in [2.24, 2.45) is 5.92 Å². The van der Waals surface area contributed by atoms with Crippen LogP contribution in [0.4, 0.5) is 5.69 Å². The molecule has 0 spiro atoms. The van der Waals surface area contributed by atoms with Gasteiger partial charge in [-0.15, -0.1) is 0 Å². The second-order valence-corrected chi connectivity index (χ2v) is 8.06. The molecule has 1 aliphatic heterocycles. The third-order valence-corrected chi connectivity index (χ3v) is 6.00. The molecular weight excluding hydrogens is 284 g/mol. The normalized spacial score (nSPS) is 20.0. The van der Waals surface area contributed by atoms with Crippen LogP contribution in [-0.2, 0) is 23.0 Å². The molecule has 0 bridgehead atoms. The van der Waals surface area contributed by atoms with Crippen LogP contribution >= 0.6 is 0 Å². The fraction of sp³-hybridized carbons (Fsp3) is 0.625. The first-order chi connectivity index (χ1) is 10.1. The molecule has 5 heteroatoms. The van der Waals surface area contributed by atoms with Crippen LogP contribution in [0, 0.1) is 5.92 Å². The standard InChI is InChI=1S/C16H24N2O2S/c19-21(20,12-13-4-2-1-3-5-13)18-16-7-6-14-8-9-17-11-15(14)10-16/h6-7,10,13,17-18H,1-5,8-9,11-12H2. The Bertz CT molecular complexity index is 592. The average Bonchev–Trinajstić information content (AvgIpc) is 2.47. The SMILES string of the molecule is O=S(=O)(CC1CCCCC1)Nc1ccc2c(c1)CNCC2. The summed E-state index contributed by atoms with van der Waals surface area (Å²) in [6.45, 7) is 1.83. The highest BCUT2D eigenvalue weighted by Gasteiger charge is 2.21. The minimum atomic E-state index is -3.23. The van der Waals surface area contributed by atoms with Gasteiger partial charge in [-0.2, -0.15) is 0 Å². The van der Waals surface area contributed by atoms with Crippen LogP contribution in [0.3, 0.4) is 0 Å². The molecule has 1 fully saturated rings. The molecule has 0 radical (unpaired) electrons. The van der Waals surface area contributed by atoms with Gasteiger partial charge in [0, 0.05) is 12.2 Å². The summed E-state index contributed by atoms with van der Waals surface area (Å²) in [4.78, 5) is 0. The summed E-state index contributed by atoms with van der Waals surface area (Å²) in [5.41, 5.74) is 3.23. The highest BCUT2D eigenvalue weighted by molar-refractivity contribution is 7.92. The second-order valence-electron chi connectivity index (χ2n) is 6.30. The van der Waals surface area contributed by atoms with Crippen molar-refractivity contribution in [3.8, 4) is 0 Å². The summed E-state index contributed by atoms with van der Waals surface area (Å²) < 4.78 is 27.4. The van der Waals surface area contributed by atoms with Crippen molar-refractivity contribution in [3.63, 3.8) is 0 Å². The van der Waals surface area contributed by atoms with Gasteiger partial charge in [-0.1, -0.05) is 25.3 Å². The van der Waals surface area contributed by atoms with Crippen LogP contribution in [0.5, 0.6) is 0 Å². The molecular formula is C16H24N2O2S. The number of nitrogens with one attached hydrogen (secondary N) is 2. The highest BCUT2D eigenvalue weighted by atomic mass is 32.2. The van der Waals surface area contributed by atoms with E-state index in [1.165, 1.54) is 30.4 Å². The van der Waals surface area contributed by atoms with E-state index in [0.717, 1.165) is 32.4 Å². The molecule has 1 heterocycles. The van der Waals surface area contributed by atoms with E-state index in [0.29, 0.717) is 11.6 Å². The zero-order chi connectivity index (χ0) is 14.7. The molecule has 1 aromatic rings. The van der Waals surface area contributed by atoms with Crippen LogP contribution < -0.4 is 10.0 Å². The Morgan fingerprint density at radius 3 is 2.76 bits per heavy atom. The number of hydrogen-bond acceptors (Lipinski definition) is 3. The van der Waals surface area contributed by atoms with Crippen molar-refractivity contribution in [1.29, 1.82) is 0 Å². The van der Waals surface area contributed by atoms with Gasteiger partial charge in [0.25, 0.3) is 0 Å². The Kier molecular flexibility index (Phi) is 4.50. The first kappa shape index (κ1) is 14.9. The maximum Gasteiger partial charge on any atom is 0.232 e. The van der Waals surface area contributed by atoms with Crippen molar-refractivity contribution in [3.05, 3.63) is 29.3 Å². The average molecular weight is 308 g/mol. The minimum Gasteiger partial charge on any atom is -0.312 e. The summed E-state index contributed by atoms with van der Waals surface area (Å²) in [6.07, 6.45) is 6.71. The molecule has 0 atom stereocenters. The number of sulfonamides is 1. The van der Waals surface area contributed by atoms with Gasteiger partial charge >= 0.3 is 0 Å². The Labute approximate surface area is 127 Å². The van der Waals surface area contributed by atoms with Gasteiger partial charge in [-0.3, -0.25) is 4.72 Å². The molecule has 1 aliphatic carbocycles. The number of benzene rings is 1. The first-order valence-corrected chi connectivity index (χ1v) is 9.61. The van der Waals surface area contributed by atoms with E-state index < -0.39 is 10.0 Å². The van der Waals surface area contributed by atoms with Crippen LogP contribution in [0.25, 0.3) is 0 Å². The lowest BCUT2D eigenvalue weighted by molar-refractivity contribution is 0.385. The predicted octanol–water partition coefficient (Wildman–Crippen LogP) is 2.65. The lowest BCUT2D eigenvalue weighted by atomic mass is 9.91. The molecule has 116 valence electrons. The molecule has 1 saturated carbocycles. The summed E-state index contributed by atoms with van der Waals surface area (Å²) in [5.74, 6) is 0.595. The number of fused-ring (bicyclic) bond motifs is 1. The maximum atomic E-state index is 12.3.